The predicted molar refractivity (Wildman–Crippen MR) is 235 cm³/mol. The minimum Gasteiger partial charge on any atom is -0.310 e. The molecular weight excluding hydrogens is 701 g/mol. The fourth-order valence-electron chi connectivity index (χ4n) is 8.95. The summed E-state index contributed by atoms with van der Waals surface area (Å²) in [5, 5.41) is 5.19. The van der Waals surface area contributed by atoms with Gasteiger partial charge in [0.25, 0.3) is 0 Å². The highest BCUT2D eigenvalue weighted by molar-refractivity contribution is 7.26. The Morgan fingerprint density at radius 2 is 1.12 bits per heavy atom. The van der Waals surface area contributed by atoms with Crippen LogP contribution in [0.3, 0.4) is 0 Å². The average Bonchev–Trinajstić information content (AvgIpc) is 3.82. The minimum absolute atomic E-state index is 0.842. The Morgan fingerprint density at radius 1 is 0.464 bits per heavy atom. The maximum atomic E-state index is 5.26. The van der Waals surface area contributed by atoms with Crippen molar-refractivity contribution >= 4 is 81.4 Å². The van der Waals surface area contributed by atoms with Gasteiger partial charge in [-0.15, -0.1) is 11.3 Å². The van der Waals surface area contributed by atoms with Crippen LogP contribution in [0.5, 0.6) is 0 Å². The molecule has 0 aliphatic carbocycles. The van der Waals surface area contributed by atoms with E-state index in [0.29, 0.717) is 0 Å². The third kappa shape index (κ3) is 4.65. The van der Waals surface area contributed by atoms with Crippen LogP contribution in [-0.2, 0) is 6.42 Å². The fourth-order valence-corrected chi connectivity index (χ4v) is 10.2. The summed E-state index contributed by atoms with van der Waals surface area (Å²) < 4.78 is 5.12. The molecule has 56 heavy (non-hydrogen) atoms. The van der Waals surface area contributed by atoms with Crippen molar-refractivity contribution in [2.45, 2.75) is 6.42 Å². The van der Waals surface area contributed by atoms with Crippen LogP contribution in [0.2, 0.25) is 0 Å². The molecule has 12 rings (SSSR count). The van der Waals surface area contributed by atoms with Gasteiger partial charge in [-0.25, -0.2) is 9.97 Å². The molecule has 0 radical (unpaired) electrons. The number of fused-ring (bicyclic) bond motifs is 10. The molecule has 4 nitrogen and oxygen atoms in total. The first-order valence-corrected chi connectivity index (χ1v) is 19.9. The van der Waals surface area contributed by atoms with Crippen LogP contribution in [0.4, 0.5) is 17.1 Å². The Labute approximate surface area is 327 Å². The summed E-state index contributed by atoms with van der Waals surface area (Å²) in [6.45, 7) is 0. The van der Waals surface area contributed by atoms with Crippen molar-refractivity contribution in [1.29, 1.82) is 0 Å². The lowest BCUT2D eigenvalue weighted by Gasteiger charge is -2.34. The molecule has 0 amide bonds. The lowest BCUT2D eigenvalue weighted by molar-refractivity contribution is 1.10. The van der Waals surface area contributed by atoms with Crippen LogP contribution in [0.25, 0.3) is 81.2 Å². The Hall–Kier alpha value is -7.08. The number of para-hydroxylation sites is 4. The second-order valence-electron chi connectivity index (χ2n) is 14.5. The summed E-state index contributed by atoms with van der Waals surface area (Å²) in [5.74, 6) is 0. The van der Waals surface area contributed by atoms with E-state index in [0.717, 1.165) is 45.7 Å². The number of benzene rings is 8. The molecule has 3 aromatic heterocycles. The predicted octanol–water partition coefficient (Wildman–Crippen LogP) is 13.8. The van der Waals surface area contributed by atoms with Gasteiger partial charge in [0.15, 0.2) is 0 Å². The lowest BCUT2D eigenvalue weighted by Crippen LogP contribution is -2.18. The SMILES string of the molecule is c1ccc(-c2nc3ccccc3nc2-c2cccc(N3c4ccccc4Cc4c3ccc3c4c4ccccc4n3-c3cccc4c3sc3ccccc34)c2)cc1. The zero-order valence-electron chi connectivity index (χ0n) is 30.2. The molecule has 0 bridgehead atoms. The number of thiophene rings is 1. The normalized spacial score (nSPS) is 12.5. The van der Waals surface area contributed by atoms with Gasteiger partial charge in [0.2, 0.25) is 0 Å². The van der Waals surface area contributed by atoms with Crippen molar-refractivity contribution in [3.8, 4) is 28.2 Å². The smallest absolute Gasteiger partial charge is 0.0973 e. The zero-order valence-corrected chi connectivity index (χ0v) is 31.0. The van der Waals surface area contributed by atoms with Crippen LogP contribution in [0.15, 0.2) is 182 Å². The van der Waals surface area contributed by atoms with Crippen molar-refractivity contribution < 1.29 is 0 Å². The van der Waals surface area contributed by atoms with E-state index in [9.17, 15) is 0 Å². The zero-order chi connectivity index (χ0) is 36.7. The van der Waals surface area contributed by atoms with Crippen LogP contribution >= 0.6 is 11.3 Å². The average molecular weight is 733 g/mol. The minimum atomic E-state index is 0.842. The van der Waals surface area contributed by atoms with E-state index in [4.69, 9.17) is 9.97 Å². The Balaban J connectivity index is 1.09. The molecule has 0 unspecified atom stereocenters. The molecule has 5 heteroatoms. The van der Waals surface area contributed by atoms with Crippen LogP contribution in [-0.4, -0.2) is 14.5 Å². The third-order valence-corrected chi connectivity index (χ3v) is 12.6. The van der Waals surface area contributed by atoms with Gasteiger partial charge < -0.3 is 9.47 Å². The van der Waals surface area contributed by atoms with Gasteiger partial charge in [0, 0.05) is 55.2 Å². The topological polar surface area (TPSA) is 34.0 Å². The van der Waals surface area contributed by atoms with E-state index in [-0.39, 0.29) is 0 Å². The van der Waals surface area contributed by atoms with E-state index >= 15 is 0 Å². The maximum Gasteiger partial charge on any atom is 0.0973 e. The maximum absolute atomic E-state index is 5.26. The summed E-state index contributed by atoms with van der Waals surface area (Å²) in [7, 11) is 0. The largest absolute Gasteiger partial charge is 0.310 e. The van der Waals surface area contributed by atoms with Crippen LogP contribution < -0.4 is 4.90 Å². The molecule has 0 atom stereocenters. The highest BCUT2D eigenvalue weighted by atomic mass is 32.1. The Kier molecular flexibility index (Phi) is 6.83. The van der Waals surface area contributed by atoms with Crippen LogP contribution in [0.1, 0.15) is 11.1 Å². The van der Waals surface area contributed by atoms with Crippen molar-refractivity contribution in [3.63, 3.8) is 0 Å². The molecule has 1 aliphatic rings. The molecule has 0 fully saturated rings. The van der Waals surface area contributed by atoms with Gasteiger partial charge in [-0.3, -0.25) is 0 Å². The molecule has 0 saturated heterocycles. The number of hydrogen-bond acceptors (Lipinski definition) is 4. The molecule has 0 saturated carbocycles. The van der Waals surface area contributed by atoms with E-state index in [1.807, 2.05) is 41.7 Å². The second-order valence-corrected chi connectivity index (χ2v) is 15.6. The summed E-state index contributed by atoms with van der Waals surface area (Å²) in [6, 6.07) is 65.4. The highest BCUT2D eigenvalue weighted by Gasteiger charge is 2.29. The van der Waals surface area contributed by atoms with Gasteiger partial charge >= 0.3 is 0 Å². The van der Waals surface area contributed by atoms with Gasteiger partial charge in [0.1, 0.15) is 0 Å². The monoisotopic (exact) mass is 732 g/mol. The molecule has 0 spiro atoms. The summed E-state index contributed by atoms with van der Waals surface area (Å²) in [6.07, 6.45) is 0.842. The molecule has 4 heterocycles. The van der Waals surface area contributed by atoms with Gasteiger partial charge in [0.05, 0.1) is 49.5 Å². The third-order valence-electron chi connectivity index (χ3n) is 11.4. The first-order valence-electron chi connectivity index (χ1n) is 19.0. The van der Waals surface area contributed by atoms with Crippen LogP contribution in [0, 0.1) is 0 Å². The summed E-state index contributed by atoms with van der Waals surface area (Å²) in [5.41, 5.74) is 15.4. The Morgan fingerprint density at radius 3 is 2.00 bits per heavy atom. The number of hydrogen-bond donors (Lipinski definition) is 0. The van der Waals surface area contributed by atoms with Gasteiger partial charge in [-0.1, -0.05) is 121 Å². The number of rotatable bonds is 4. The van der Waals surface area contributed by atoms with E-state index in [2.05, 4.69) is 161 Å². The van der Waals surface area contributed by atoms with E-state index < -0.39 is 0 Å². The summed E-state index contributed by atoms with van der Waals surface area (Å²) >= 11 is 1.88. The Bertz CT molecular complexity index is 3360. The van der Waals surface area contributed by atoms with Crippen molar-refractivity contribution in [3.05, 3.63) is 193 Å². The van der Waals surface area contributed by atoms with Gasteiger partial charge in [-0.05, 0) is 71.8 Å². The number of anilines is 3. The molecule has 262 valence electrons. The molecule has 0 N–H and O–H groups in total. The van der Waals surface area contributed by atoms with Crippen molar-refractivity contribution in [2.75, 3.05) is 4.90 Å². The fraction of sp³-hybridized carbons (Fsp3) is 0.0196. The molecule has 1 aliphatic heterocycles. The lowest BCUT2D eigenvalue weighted by atomic mass is 9.91. The number of aromatic nitrogens is 3. The molecular formula is C51H32N4S. The van der Waals surface area contributed by atoms with Crippen molar-refractivity contribution in [2.24, 2.45) is 0 Å². The van der Waals surface area contributed by atoms with E-state index in [1.54, 1.807) is 0 Å². The van der Waals surface area contributed by atoms with Gasteiger partial charge in [-0.2, -0.15) is 0 Å². The molecule has 8 aromatic carbocycles. The quantitative estimate of drug-likeness (QED) is 0.181. The first kappa shape index (κ1) is 31.3. The summed E-state index contributed by atoms with van der Waals surface area (Å²) in [4.78, 5) is 12.9. The van der Waals surface area contributed by atoms with E-state index in [1.165, 1.54) is 70.2 Å². The van der Waals surface area contributed by atoms with Crippen molar-refractivity contribution in [1.82, 2.24) is 14.5 Å². The number of nitrogens with zero attached hydrogens (tertiary/aromatic N) is 4. The first-order chi connectivity index (χ1) is 27.8. The second kappa shape index (κ2) is 12.2. The standard InChI is InChI=1S/C51H32N4S/c1-2-14-32(15-3-1)49-50(53-41-23-8-7-22-40(41)52-49)34-17-12-18-35(30-34)54-42-24-9-4-16-33(42)31-39-44(54)28-29-45-48(39)38-20-5-10-25-43(38)55(45)46-26-13-21-37-36-19-6-11-27-47(36)56-51(37)46/h1-30H,31H2. The molecule has 11 aromatic rings. The highest BCUT2D eigenvalue weighted by Crippen LogP contribution is 2.50.